The Bertz CT molecular complexity index is 830. The first kappa shape index (κ1) is 21.4. The van der Waals surface area contributed by atoms with Crippen molar-refractivity contribution in [1.82, 2.24) is 10.2 Å². The number of hydrogen-bond donors (Lipinski definition) is 1. The lowest BCUT2D eigenvalue weighted by molar-refractivity contribution is -0.126. The Morgan fingerprint density at radius 3 is 2.72 bits per heavy atom. The van der Waals surface area contributed by atoms with Crippen molar-refractivity contribution in [3.63, 3.8) is 0 Å². The van der Waals surface area contributed by atoms with Crippen molar-refractivity contribution in [3.8, 4) is 6.07 Å². The molecule has 2 aliphatic heterocycles. The summed E-state index contributed by atoms with van der Waals surface area (Å²) in [6.45, 7) is 7.40. The van der Waals surface area contributed by atoms with E-state index in [2.05, 4.69) is 32.2 Å². The Hall–Kier alpha value is -2.27. The molecule has 2 saturated heterocycles. The van der Waals surface area contributed by atoms with Crippen LogP contribution in [0, 0.1) is 11.3 Å². The SMILES string of the molecule is CC(C)(C)OC(=O)N1CCC[C@H]1C(=O)N[C@H]1CCN(c2ccc(Br)cc2C#N)C1. The summed E-state index contributed by atoms with van der Waals surface area (Å²) in [7, 11) is 0. The third kappa shape index (κ3) is 5.21. The van der Waals surface area contributed by atoms with Gasteiger partial charge in [0.1, 0.15) is 17.7 Å². The minimum Gasteiger partial charge on any atom is -0.444 e. The van der Waals surface area contributed by atoms with E-state index >= 15 is 0 Å². The summed E-state index contributed by atoms with van der Waals surface area (Å²) in [4.78, 5) is 28.9. The van der Waals surface area contributed by atoms with Gasteiger partial charge in [-0.15, -0.1) is 0 Å². The van der Waals surface area contributed by atoms with Gasteiger partial charge in [-0.3, -0.25) is 9.69 Å². The van der Waals surface area contributed by atoms with Crippen molar-refractivity contribution >= 4 is 33.6 Å². The van der Waals surface area contributed by atoms with Gasteiger partial charge in [-0.25, -0.2) is 4.79 Å². The van der Waals surface area contributed by atoms with Crippen molar-refractivity contribution in [2.75, 3.05) is 24.5 Å². The lowest BCUT2D eigenvalue weighted by atomic mass is 10.1. The normalized spacial score (nSPS) is 21.8. The van der Waals surface area contributed by atoms with Gasteiger partial charge in [0.05, 0.1) is 11.3 Å². The lowest BCUT2D eigenvalue weighted by Gasteiger charge is -2.28. The highest BCUT2D eigenvalue weighted by Crippen LogP contribution is 2.27. The van der Waals surface area contributed by atoms with Crippen LogP contribution in [0.3, 0.4) is 0 Å². The number of benzene rings is 1. The van der Waals surface area contributed by atoms with E-state index in [0.29, 0.717) is 25.1 Å². The molecule has 156 valence electrons. The summed E-state index contributed by atoms with van der Waals surface area (Å²) >= 11 is 3.39. The van der Waals surface area contributed by atoms with Crippen LogP contribution in [0.15, 0.2) is 22.7 Å². The Morgan fingerprint density at radius 1 is 1.28 bits per heavy atom. The molecule has 2 atom stereocenters. The highest BCUT2D eigenvalue weighted by atomic mass is 79.9. The number of nitrogens with zero attached hydrogens (tertiary/aromatic N) is 3. The molecule has 2 aliphatic rings. The quantitative estimate of drug-likeness (QED) is 0.743. The third-order valence-corrected chi connectivity index (χ3v) is 5.63. The second-order valence-electron chi connectivity index (χ2n) is 8.55. The molecule has 7 nitrogen and oxygen atoms in total. The minimum absolute atomic E-state index is 0.0150. The third-order valence-electron chi connectivity index (χ3n) is 5.14. The van der Waals surface area contributed by atoms with Crippen molar-refractivity contribution in [2.45, 2.75) is 57.7 Å². The van der Waals surface area contributed by atoms with Gasteiger partial charge in [-0.05, 0) is 58.2 Å². The average Bonchev–Trinajstić information content (AvgIpc) is 3.29. The van der Waals surface area contributed by atoms with Gasteiger partial charge >= 0.3 is 6.09 Å². The predicted octanol–water partition coefficient (Wildman–Crippen LogP) is 3.42. The van der Waals surface area contributed by atoms with Crippen LogP contribution < -0.4 is 10.2 Å². The molecule has 8 heteroatoms. The van der Waals surface area contributed by atoms with E-state index in [-0.39, 0.29) is 11.9 Å². The van der Waals surface area contributed by atoms with Crippen LogP contribution in [0.1, 0.15) is 45.6 Å². The Balaban J connectivity index is 1.60. The number of anilines is 1. The molecule has 0 saturated carbocycles. The molecule has 1 aromatic rings. The molecular weight excluding hydrogens is 436 g/mol. The number of carbonyl (C=O) groups excluding carboxylic acids is 2. The fourth-order valence-corrected chi connectivity index (χ4v) is 4.21. The van der Waals surface area contributed by atoms with Crippen LogP contribution in [-0.2, 0) is 9.53 Å². The van der Waals surface area contributed by atoms with Crippen LogP contribution in [0.4, 0.5) is 10.5 Å². The summed E-state index contributed by atoms with van der Waals surface area (Å²) in [5.41, 5.74) is 0.900. The minimum atomic E-state index is -0.588. The Labute approximate surface area is 180 Å². The summed E-state index contributed by atoms with van der Waals surface area (Å²) in [5, 5.41) is 12.5. The van der Waals surface area contributed by atoms with Crippen LogP contribution in [0.2, 0.25) is 0 Å². The van der Waals surface area contributed by atoms with Crippen LogP contribution in [-0.4, -0.2) is 54.2 Å². The number of amides is 2. The number of ether oxygens (including phenoxy) is 1. The molecule has 0 aromatic heterocycles. The summed E-state index contributed by atoms with van der Waals surface area (Å²) < 4.78 is 6.31. The number of halogens is 1. The predicted molar refractivity (Wildman–Crippen MR) is 114 cm³/mol. The molecule has 0 aliphatic carbocycles. The molecule has 2 fully saturated rings. The van der Waals surface area contributed by atoms with E-state index in [0.717, 1.165) is 29.5 Å². The monoisotopic (exact) mass is 462 g/mol. The highest BCUT2D eigenvalue weighted by molar-refractivity contribution is 9.10. The number of nitrogens with one attached hydrogen (secondary N) is 1. The van der Waals surface area contributed by atoms with E-state index in [4.69, 9.17) is 4.74 Å². The lowest BCUT2D eigenvalue weighted by Crippen LogP contribution is -2.50. The summed E-state index contributed by atoms with van der Waals surface area (Å²) in [6, 6.07) is 7.38. The number of carbonyl (C=O) groups is 2. The molecule has 29 heavy (non-hydrogen) atoms. The summed E-state index contributed by atoms with van der Waals surface area (Å²) in [6.07, 6.45) is 1.80. The average molecular weight is 463 g/mol. The van der Waals surface area contributed by atoms with Crippen molar-refractivity contribution in [1.29, 1.82) is 5.26 Å². The number of hydrogen-bond acceptors (Lipinski definition) is 5. The first-order valence-corrected chi connectivity index (χ1v) is 10.7. The zero-order chi connectivity index (χ0) is 21.2. The second-order valence-corrected chi connectivity index (χ2v) is 9.46. The van der Waals surface area contributed by atoms with E-state index in [1.807, 2.05) is 32.9 Å². The zero-order valence-electron chi connectivity index (χ0n) is 17.1. The molecule has 0 bridgehead atoms. The van der Waals surface area contributed by atoms with E-state index in [1.165, 1.54) is 4.90 Å². The Morgan fingerprint density at radius 2 is 2.03 bits per heavy atom. The molecule has 0 unspecified atom stereocenters. The van der Waals surface area contributed by atoms with E-state index in [1.54, 1.807) is 6.07 Å². The smallest absolute Gasteiger partial charge is 0.410 e. The largest absolute Gasteiger partial charge is 0.444 e. The van der Waals surface area contributed by atoms with Crippen molar-refractivity contribution in [3.05, 3.63) is 28.2 Å². The number of nitriles is 1. The number of likely N-dealkylation sites (tertiary alicyclic amines) is 1. The Kier molecular flexibility index (Phi) is 6.37. The maximum atomic E-state index is 12.9. The molecule has 2 heterocycles. The maximum Gasteiger partial charge on any atom is 0.410 e. The first-order chi connectivity index (χ1) is 13.7. The van der Waals surface area contributed by atoms with Gasteiger partial charge in [0.25, 0.3) is 0 Å². The molecule has 2 amide bonds. The standard InChI is InChI=1S/C21H27BrN4O3/c1-21(2,3)29-20(28)26-9-4-5-18(26)19(27)24-16-8-10-25(13-16)17-7-6-15(22)11-14(17)12-23/h6-7,11,16,18H,4-5,8-10,13H2,1-3H3,(H,24,27)/t16-,18-/m0/s1. The van der Waals surface area contributed by atoms with Gasteiger partial charge < -0.3 is 15.0 Å². The second kappa shape index (κ2) is 8.62. The first-order valence-electron chi connectivity index (χ1n) is 9.92. The van der Waals surface area contributed by atoms with E-state index in [9.17, 15) is 14.9 Å². The molecule has 0 spiro atoms. The molecule has 1 aromatic carbocycles. The fraction of sp³-hybridized carbons (Fsp3) is 0.571. The van der Waals surface area contributed by atoms with Crippen LogP contribution >= 0.6 is 15.9 Å². The zero-order valence-corrected chi connectivity index (χ0v) is 18.7. The van der Waals surface area contributed by atoms with Crippen LogP contribution in [0.5, 0.6) is 0 Å². The molecule has 0 radical (unpaired) electrons. The van der Waals surface area contributed by atoms with Gasteiger partial charge in [0, 0.05) is 30.1 Å². The molecule has 1 N–H and O–H groups in total. The van der Waals surface area contributed by atoms with Crippen molar-refractivity contribution < 1.29 is 14.3 Å². The topological polar surface area (TPSA) is 85.7 Å². The van der Waals surface area contributed by atoms with Gasteiger partial charge in [0.15, 0.2) is 0 Å². The van der Waals surface area contributed by atoms with Crippen molar-refractivity contribution in [2.24, 2.45) is 0 Å². The molecular formula is C21H27BrN4O3. The highest BCUT2D eigenvalue weighted by Gasteiger charge is 2.38. The van der Waals surface area contributed by atoms with E-state index < -0.39 is 17.7 Å². The van der Waals surface area contributed by atoms with Crippen LogP contribution in [0.25, 0.3) is 0 Å². The van der Waals surface area contributed by atoms with Gasteiger partial charge in [-0.1, -0.05) is 15.9 Å². The fourth-order valence-electron chi connectivity index (χ4n) is 3.85. The molecule has 3 rings (SSSR count). The number of rotatable bonds is 3. The van der Waals surface area contributed by atoms with Gasteiger partial charge in [0.2, 0.25) is 5.91 Å². The maximum absolute atomic E-state index is 12.9. The summed E-state index contributed by atoms with van der Waals surface area (Å²) in [5.74, 6) is -0.128. The van der Waals surface area contributed by atoms with Gasteiger partial charge in [-0.2, -0.15) is 5.26 Å².